The lowest BCUT2D eigenvalue weighted by molar-refractivity contribution is 0.415. The van der Waals surface area contributed by atoms with Crippen molar-refractivity contribution in [3.05, 3.63) is 106 Å². The number of aromatic nitrogens is 2. The number of hydrogen-bond acceptors (Lipinski definition) is 3. The largest absolute Gasteiger partial charge is 0.495 e. The quantitative estimate of drug-likeness (QED) is 0.294. The molecule has 33 heavy (non-hydrogen) atoms. The zero-order chi connectivity index (χ0) is 22.9. The summed E-state index contributed by atoms with van der Waals surface area (Å²) in [6, 6.07) is 23.7. The molecule has 0 saturated carbocycles. The number of halogens is 2. The molecule has 8 heteroatoms. The van der Waals surface area contributed by atoms with Crippen LogP contribution in [-0.4, -0.2) is 21.8 Å². The highest BCUT2D eigenvalue weighted by Gasteiger charge is 2.42. The summed E-state index contributed by atoms with van der Waals surface area (Å²) >= 11 is 15.9. The van der Waals surface area contributed by atoms with Gasteiger partial charge >= 0.3 is 0 Å². The third-order valence-corrected chi connectivity index (χ3v) is 6.78. The van der Waals surface area contributed by atoms with Crippen molar-refractivity contribution >= 4 is 50.5 Å². The van der Waals surface area contributed by atoms with Gasteiger partial charge in [0, 0.05) is 33.9 Å². The van der Waals surface area contributed by atoms with Crippen LogP contribution in [0.5, 0.6) is 5.75 Å². The van der Waals surface area contributed by atoms with Gasteiger partial charge in [0.05, 0.1) is 23.9 Å². The number of rotatable bonds is 5. The fraction of sp³-hybridized carbons (Fsp3) is 0.120. The number of pyridine rings is 1. The van der Waals surface area contributed by atoms with Gasteiger partial charge in [-0.2, -0.15) is 0 Å². The van der Waals surface area contributed by atoms with Crippen LogP contribution in [-0.2, 0) is 0 Å². The Labute approximate surface area is 211 Å². The molecule has 1 aliphatic heterocycles. The molecule has 2 atom stereocenters. The van der Waals surface area contributed by atoms with Crippen molar-refractivity contribution in [2.45, 2.75) is 12.1 Å². The predicted octanol–water partition coefficient (Wildman–Crippen LogP) is 6.47. The second-order valence-corrected chi connectivity index (χ2v) is 9.31. The van der Waals surface area contributed by atoms with E-state index in [0.717, 1.165) is 27.2 Å². The molecule has 1 saturated heterocycles. The number of anilines is 1. The van der Waals surface area contributed by atoms with Crippen LogP contribution in [0.1, 0.15) is 23.5 Å². The molecule has 0 unspecified atom stereocenters. The van der Waals surface area contributed by atoms with Crippen molar-refractivity contribution in [1.82, 2.24) is 14.9 Å². The van der Waals surface area contributed by atoms with Crippen LogP contribution in [0.4, 0.5) is 5.69 Å². The average Bonchev–Trinajstić information content (AvgIpc) is 3.44. The summed E-state index contributed by atoms with van der Waals surface area (Å²) in [5.41, 5.74) is 3.91. The van der Waals surface area contributed by atoms with E-state index < -0.39 is 0 Å². The molecule has 0 spiro atoms. The van der Waals surface area contributed by atoms with Gasteiger partial charge in [0.15, 0.2) is 5.11 Å². The van der Waals surface area contributed by atoms with Crippen molar-refractivity contribution in [2.24, 2.45) is 0 Å². The Bertz CT molecular complexity index is 1310. The lowest BCUT2D eigenvalue weighted by atomic mass is 10.0. The Kier molecular flexibility index (Phi) is 6.10. The molecule has 1 fully saturated rings. The normalized spacial score (nSPS) is 17.8. The van der Waals surface area contributed by atoms with Crippen molar-refractivity contribution in [3.8, 4) is 11.4 Å². The molecule has 5 rings (SSSR count). The number of ether oxygens (including phenoxy) is 1. The van der Waals surface area contributed by atoms with E-state index in [2.05, 4.69) is 60.1 Å². The molecule has 5 nitrogen and oxygen atoms in total. The molecule has 3 heterocycles. The monoisotopic (exact) mass is 538 g/mol. The third kappa shape index (κ3) is 4.12. The maximum Gasteiger partial charge on any atom is 0.174 e. The summed E-state index contributed by atoms with van der Waals surface area (Å²) in [4.78, 5) is 6.73. The molecule has 0 amide bonds. The van der Waals surface area contributed by atoms with Gasteiger partial charge in [-0.05, 0) is 72.9 Å². The molecule has 2 aromatic heterocycles. The minimum Gasteiger partial charge on any atom is -0.495 e. The van der Waals surface area contributed by atoms with Gasteiger partial charge in [-0.3, -0.25) is 4.98 Å². The van der Waals surface area contributed by atoms with Gasteiger partial charge in [0.2, 0.25) is 0 Å². The van der Waals surface area contributed by atoms with E-state index in [0.29, 0.717) is 15.9 Å². The predicted molar refractivity (Wildman–Crippen MR) is 139 cm³/mol. The zero-order valence-electron chi connectivity index (χ0n) is 17.7. The van der Waals surface area contributed by atoms with Crippen LogP contribution in [0.2, 0.25) is 5.02 Å². The zero-order valence-corrected chi connectivity index (χ0v) is 20.8. The lowest BCUT2D eigenvalue weighted by Gasteiger charge is -2.29. The number of nitrogens with zero attached hydrogens (tertiary/aromatic N) is 3. The number of benzene rings is 2. The highest BCUT2D eigenvalue weighted by Crippen LogP contribution is 2.43. The lowest BCUT2D eigenvalue weighted by Crippen LogP contribution is -2.30. The minimum absolute atomic E-state index is 0.152. The van der Waals surface area contributed by atoms with Gasteiger partial charge in [0.1, 0.15) is 11.8 Å². The molecule has 0 aliphatic carbocycles. The van der Waals surface area contributed by atoms with Gasteiger partial charge in [0.25, 0.3) is 0 Å². The first kappa shape index (κ1) is 21.9. The van der Waals surface area contributed by atoms with E-state index in [-0.39, 0.29) is 12.1 Å². The minimum atomic E-state index is -0.161. The Morgan fingerprint density at radius 3 is 2.64 bits per heavy atom. The highest BCUT2D eigenvalue weighted by molar-refractivity contribution is 9.10. The van der Waals surface area contributed by atoms with Crippen LogP contribution in [0.25, 0.3) is 5.69 Å². The molecule has 166 valence electrons. The summed E-state index contributed by atoms with van der Waals surface area (Å²) in [5.74, 6) is 0.619. The SMILES string of the molecule is COc1ccc(N2C(=S)N[C@@H](c3ccccn3)[C@H]2c2cccn2-c2cccc(Br)c2)cc1Cl. The second-order valence-electron chi connectivity index (χ2n) is 7.60. The summed E-state index contributed by atoms with van der Waals surface area (Å²) in [7, 11) is 1.60. The Hall–Kier alpha value is -2.87. The Morgan fingerprint density at radius 2 is 1.91 bits per heavy atom. The van der Waals surface area contributed by atoms with E-state index in [1.54, 1.807) is 13.3 Å². The maximum atomic E-state index is 6.49. The first-order valence-electron chi connectivity index (χ1n) is 10.3. The van der Waals surface area contributed by atoms with E-state index in [9.17, 15) is 0 Å². The molecular weight excluding hydrogens is 520 g/mol. The van der Waals surface area contributed by atoms with E-state index in [1.807, 2.05) is 54.6 Å². The molecule has 4 aromatic rings. The summed E-state index contributed by atoms with van der Waals surface area (Å²) in [6.45, 7) is 0. The summed E-state index contributed by atoms with van der Waals surface area (Å²) in [6.07, 6.45) is 3.87. The number of thiocarbonyl (C=S) groups is 1. The third-order valence-electron chi connectivity index (χ3n) is 5.68. The summed E-state index contributed by atoms with van der Waals surface area (Å²) in [5, 5.41) is 4.63. The molecule has 1 aliphatic rings. The number of nitrogens with one attached hydrogen (secondary N) is 1. The van der Waals surface area contributed by atoms with Crippen molar-refractivity contribution in [2.75, 3.05) is 12.0 Å². The van der Waals surface area contributed by atoms with Crippen LogP contribution in [0, 0.1) is 0 Å². The molecule has 1 N–H and O–H groups in total. The van der Waals surface area contributed by atoms with E-state index in [4.69, 9.17) is 28.6 Å². The maximum absolute atomic E-state index is 6.49. The van der Waals surface area contributed by atoms with Crippen LogP contribution in [0.15, 0.2) is 89.7 Å². The van der Waals surface area contributed by atoms with Crippen LogP contribution in [0.3, 0.4) is 0 Å². The van der Waals surface area contributed by atoms with E-state index >= 15 is 0 Å². The molecule has 0 bridgehead atoms. The molecule has 0 radical (unpaired) electrons. The van der Waals surface area contributed by atoms with Crippen molar-refractivity contribution in [3.63, 3.8) is 0 Å². The molecule has 2 aromatic carbocycles. The van der Waals surface area contributed by atoms with Crippen LogP contribution >= 0.6 is 39.7 Å². The Balaban J connectivity index is 1.67. The highest BCUT2D eigenvalue weighted by atomic mass is 79.9. The smallest absolute Gasteiger partial charge is 0.174 e. The standard InChI is InChI=1S/C25H20BrClN4OS/c1-32-22-11-10-18(15-19(22)27)31-24(23(29-25(31)33)20-8-2-3-12-28-20)21-9-5-13-30(21)17-7-4-6-16(26)14-17/h2-15,23-24H,1H3,(H,29,33)/t23-,24+/m0/s1. The fourth-order valence-corrected chi connectivity index (χ4v) is 5.22. The number of methoxy groups -OCH3 is 1. The van der Waals surface area contributed by atoms with Gasteiger partial charge in [-0.15, -0.1) is 0 Å². The van der Waals surface area contributed by atoms with Gasteiger partial charge in [-0.1, -0.05) is 39.7 Å². The average molecular weight is 540 g/mol. The van der Waals surface area contributed by atoms with Crippen LogP contribution < -0.4 is 15.0 Å². The molecular formula is C25H20BrClN4OS. The first-order valence-corrected chi connectivity index (χ1v) is 11.9. The van der Waals surface area contributed by atoms with Gasteiger partial charge < -0.3 is 19.5 Å². The Morgan fingerprint density at radius 1 is 1.03 bits per heavy atom. The topological polar surface area (TPSA) is 42.3 Å². The second kappa shape index (κ2) is 9.17. The van der Waals surface area contributed by atoms with Crippen molar-refractivity contribution < 1.29 is 4.74 Å². The van der Waals surface area contributed by atoms with E-state index in [1.165, 1.54) is 0 Å². The first-order chi connectivity index (χ1) is 16.1. The summed E-state index contributed by atoms with van der Waals surface area (Å²) < 4.78 is 8.54. The van der Waals surface area contributed by atoms with Gasteiger partial charge in [-0.25, -0.2) is 0 Å². The number of hydrogen-bond donors (Lipinski definition) is 1. The van der Waals surface area contributed by atoms with Crippen molar-refractivity contribution in [1.29, 1.82) is 0 Å². The fourth-order valence-electron chi connectivity index (χ4n) is 4.23.